The molecule has 88 valence electrons. The highest BCUT2D eigenvalue weighted by Crippen LogP contribution is 2.22. The van der Waals surface area contributed by atoms with Gasteiger partial charge in [0.25, 0.3) is 11.7 Å². The van der Waals surface area contributed by atoms with Crippen molar-refractivity contribution in [2.24, 2.45) is 0 Å². The molecule has 1 fully saturated rings. The van der Waals surface area contributed by atoms with E-state index in [1.807, 2.05) is 0 Å². The van der Waals surface area contributed by atoms with E-state index in [-0.39, 0.29) is 23.5 Å². The lowest BCUT2D eigenvalue weighted by molar-refractivity contribution is 0.0922. The van der Waals surface area contributed by atoms with Crippen molar-refractivity contribution in [2.45, 2.75) is 30.4 Å². The molecule has 3 nitrogen and oxygen atoms in total. The van der Waals surface area contributed by atoms with Crippen LogP contribution < -0.4 is 5.32 Å². The lowest BCUT2D eigenvalue weighted by Crippen LogP contribution is -2.24. The number of nitrogens with one attached hydrogen (secondary N) is 1. The van der Waals surface area contributed by atoms with Gasteiger partial charge in [-0.3, -0.25) is 4.79 Å². The first-order valence-corrected chi connectivity index (χ1v) is 5.99. The molecule has 0 spiro atoms. The second kappa shape index (κ2) is 4.86. The molecule has 1 aromatic heterocycles. The summed E-state index contributed by atoms with van der Waals surface area (Å²) in [6.07, 6.45) is 2.00. The van der Waals surface area contributed by atoms with Crippen molar-refractivity contribution < 1.29 is 18.0 Å². The molecule has 2 rings (SSSR count). The molecule has 1 aliphatic rings. The summed E-state index contributed by atoms with van der Waals surface area (Å²) in [5, 5.41) is 2.76. The summed E-state index contributed by atoms with van der Waals surface area (Å²) in [5.41, 5.74) is 0. The quantitative estimate of drug-likeness (QED) is 0.869. The molecule has 1 aliphatic carbocycles. The minimum atomic E-state index is -2.42. The van der Waals surface area contributed by atoms with E-state index in [9.17, 15) is 13.6 Å². The van der Waals surface area contributed by atoms with Crippen LogP contribution in [0.15, 0.2) is 16.5 Å². The molecule has 6 heteroatoms. The number of hydrogen-bond acceptors (Lipinski definition) is 3. The van der Waals surface area contributed by atoms with Gasteiger partial charge in [-0.1, -0.05) is 11.8 Å². The van der Waals surface area contributed by atoms with Crippen LogP contribution in [0.5, 0.6) is 0 Å². The van der Waals surface area contributed by atoms with Crippen molar-refractivity contribution >= 4 is 17.7 Å². The molecule has 0 bridgehead atoms. The number of carbonyl (C=O) groups is 1. The van der Waals surface area contributed by atoms with E-state index in [1.165, 1.54) is 6.07 Å². The monoisotopic (exact) mass is 247 g/mol. The van der Waals surface area contributed by atoms with E-state index < -0.39 is 5.76 Å². The maximum absolute atomic E-state index is 11.9. The van der Waals surface area contributed by atoms with Gasteiger partial charge in [0.2, 0.25) is 0 Å². The van der Waals surface area contributed by atoms with Gasteiger partial charge >= 0.3 is 0 Å². The fourth-order valence-electron chi connectivity index (χ4n) is 1.21. The lowest BCUT2D eigenvalue weighted by atomic mass is 10.4. The van der Waals surface area contributed by atoms with Crippen LogP contribution in [0.4, 0.5) is 8.78 Å². The Bertz CT molecular complexity index is 377. The largest absolute Gasteiger partial charge is 0.455 e. The van der Waals surface area contributed by atoms with Gasteiger partial charge in [0.05, 0.1) is 5.75 Å². The van der Waals surface area contributed by atoms with Gasteiger partial charge in [-0.25, -0.2) is 0 Å². The summed E-state index contributed by atoms with van der Waals surface area (Å²) in [6, 6.07) is 3.33. The third kappa shape index (κ3) is 3.23. The predicted octanol–water partition coefficient (Wildman–Crippen LogP) is 2.63. The Kier molecular flexibility index (Phi) is 3.48. The van der Waals surface area contributed by atoms with Gasteiger partial charge in [-0.15, -0.1) is 0 Å². The molecule has 1 amide bonds. The topological polar surface area (TPSA) is 42.2 Å². The smallest absolute Gasteiger partial charge is 0.287 e. The molecule has 0 saturated heterocycles. The summed E-state index contributed by atoms with van der Waals surface area (Å²) in [5.74, 6) is -2.03. The first-order valence-electron chi connectivity index (χ1n) is 4.94. The van der Waals surface area contributed by atoms with Crippen LogP contribution in [0.25, 0.3) is 0 Å². The average Bonchev–Trinajstić information content (AvgIpc) is 2.92. The summed E-state index contributed by atoms with van der Waals surface area (Å²) in [4.78, 5) is 11.5. The number of amides is 1. The second-order valence-electron chi connectivity index (χ2n) is 3.59. The fourth-order valence-corrected chi connectivity index (χ4v) is 1.65. The SMILES string of the molecule is O=C(NC1CC1)c1ccc(CSC(F)F)o1. The predicted molar refractivity (Wildman–Crippen MR) is 56.5 cm³/mol. The van der Waals surface area contributed by atoms with Crippen molar-refractivity contribution in [3.05, 3.63) is 23.7 Å². The molecule has 0 unspecified atom stereocenters. The van der Waals surface area contributed by atoms with E-state index >= 15 is 0 Å². The van der Waals surface area contributed by atoms with Crippen molar-refractivity contribution in [1.29, 1.82) is 0 Å². The normalized spacial score (nSPS) is 15.4. The molecular weight excluding hydrogens is 236 g/mol. The number of carbonyl (C=O) groups excluding carboxylic acids is 1. The zero-order valence-corrected chi connectivity index (χ0v) is 9.23. The Morgan fingerprint density at radius 2 is 2.31 bits per heavy atom. The van der Waals surface area contributed by atoms with Crippen molar-refractivity contribution in [3.63, 3.8) is 0 Å². The van der Waals surface area contributed by atoms with Crippen LogP contribution in [-0.4, -0.2) is 17.7 Å². The Balaban J connectivity index is 1.87. The molecule has 1 N–H and O–H groups in total. The van der Waals surface area contributed by atoms with Crippen LogP contribution in [-0.2, 0) is 5.75 Å². The Hall–Kier alpha value is -1.04. The van der Waals surface area contributed by atoms with Crippen LogP contribution in [0.2, 0.25) is 0 Å². The molecular formula is C10H11F2NO2S. The molecule has 0 atom stereocenters. The highest BCUT2D eigenvalue weighted by Gasteiger charge is 2.25. The van der Waals surface area contributed by atoms with Gasteiger partial charge in [0.15, 0.2) is 5.76 Å². The van der Waals surface area contributed by atoms with Gasteiger partial charge in [0, 0.05) is 6.04 Å². The Labute approximate surface area is 95.6 Å². The first kappa shape index (κ1) is 11.4. The number of thioether (sulfide) groups is 1. The minimum Gasteiger partial charge on any atom is -0.455 e. The Morgan fingerprint density at radius 1 is 1.56 bits per heavy atom. The molecule has 1 heterocycles. The average molecular weight is 247 g/mol. The molecule has 16 heavy (non-hydrogen) atoms. The van der Waals surface area contributed by atoms with Crippen LogP contribution in [0, 0.1) is 0 Å². The summed E-state index contributed by atoms with van der Waals surface area (Å²) < 4.78 is 29.0. The van der Waals surface area contributed by atoms with Gasteiger partial charge in [0.1, 0.15) is 5.76 Å². The zero-order valence-electron chi connectivity index (χ0n) is 8.41. The van der Waals surface area contributed by atoms with E-state index in [1.54, 1.807) is 6.07 Å². The highest BCUT2D eigenvalue weighted by molar-refractivity contribution is 7.98. The molecule has 1 aromatic rings. The van der Waals surface area contributed by atoms with Crippen molar-refractivity contribution in [2.75, 3.05) is 0 Å². The van der Waals surface area contributed by atoms with Crippen LogP contribution in [0.1, 0.15) is 29.2 Å². The number of halogens is 2. The van der Waals surface area contributed by atoms with E-state index in [4.69, 9.17) is 4.42 Å². The van der Waals surface area contributed by atoms with Crippen molar-refractivity contribution in [3.8, 4) is 0 Å². The number of furan rings is 1. The fraction of sp³-hybridized carbons (Fsp3) is 0.500. The maximum atomic E-state index is 11.9. The summed E-state index contributed by atoms with van der Waals surface area (Å²) in [6.45, 7) is 0. The van der Waals surface area contributed by atoms with E-state index in [0.29, 0.717) is 17.5 Å². The van der Waals surface area contributed by atoms with Gasteiger partial charge < -0.3 is 9.73 Å². The molecule has 0 radical (unpaired) electrons. The number of hydrogen-bond donors (Lipinski definition) is 1. The molecule has 0 aromatic carbocycles. The Morgan fingerprint density at radius 3 is 2.94 bits per heavy atom. The van der Waals surface area contributed by atoms with Crippen LogP contribution >= 0.6 is 11.8 Å². The standard InChI is InChI=1S/C10H11F2NO2S/c11-10(12)16-5-7-3-4-8(15-7)9(14)13-6-1-2-6/h3-4,6,10H,1-2,5H2,(H,13,14). The first-order chi connectivity index (χ1) is 7.65. The summed E-state index contributed by atoms with van der Waals surface area (Å²) >= 11 is 0.477. The molecule has 1 saturated carbocycles. The van der Waals surface area contributed by atoms with Gasteiger partial charge in [-0.2, -0.15) is 8.78 Å². The third-order valence-corrected chi connectivity index (χ3v) is 2.85. The molecule has 0 aliphatic heterocycles. The summed E-state index contributed by atoms with van der Waals surface area (Å²) in [7, 11) is 0. The van der Waals surface area contributed by atoms with E-state index in [2.05, 4.69) is 5.32 Å². The van der Waals surface area contributed by atoms with Gasteiger partial charge in [-0.05, 0) is 25.0 Å². The van der Waals surface area contributed by atoms with Crippen LogP contribution in [0.3, 0.4) is 0 Å². The number of alkyl halides is 2. The minimum absolute atomic E-state index is 0.0778. The lowest BCUT2D eigenvalue weighted by Gasteiger charge is -1.99. The third-order valence-electron chi connectivity index (χ3n) is 2.15. The van der Waals surface area contributed by atoms with E-state index in [0.717, 1.165) is 12.8 Å². The number of rotatable bonds is 5. The second-order valence-corrected chi connectivity index (χ2v) is 4.56. The zero-order chi connectivity index (χ0) is 11.5. The van der Waals surface area contributed by atoms with Crippen molar-refractivity contribution in [1.82, 2.24) is 5.32 Å². The highest BCUT2D eigenvalue weighted by atomic mass is 32.2. The maximum Gasteiger partial charge on any atom is 0.287 e.